The monoisotopic (exact) mass is 337 g/mol. The number of amides is 1. The fourth-order valence-electron chi connectivity index (χ4n) is 3.79. The number of carbonyl (C=O) groups is 2. The molecule has 1 N–H and O–H groups in total. The molecule has 1 aromatic carbocycles. The van der Waals surface area contributed by atoms with Crippen LogP contribution in [0.5, 0.6) is 0 Å². The maximum atomic E-state index is 12.6. The molecule has 1 amide bonds. The van der Waals surface area contributed by atoms with Gasteiger partial charge >= 0.3 is 6.18 Å². The van der Waals surface area contributed by atoms with Gasteiger partial charge in [-0.15, -0.1) is 0 Å². The lowest BCUT2D eigenvalue weighted by molar-refractivity contribution is -0.137. The van der Waals surface area contributed by atoms with Gasteiger partial charge in [0.1, 0.15) is 0 Å². The zero-order chi connectivity index (χ0) is 17.9. The normalized spacial score (nSPS) is 24.6. The number of alkyl halides is 3. The van der Waals surface area contributed by atoms with Crippen molar-refractivity contribution >= 4 is 11.7 Å². The number of rotatable bonds is 3. The smallest absolute Gasteiger partial charge is 0.325 e. The van der Waals surface area contributed by atoms with Gasteiger partial charge < -0.3 is 5.32 Å². The first-order valence-electron chi connectivity index (χ1n) is 7.76. The van der Waals surface area contributed by atoms with E-state index in [2.05, 4.69) is 19.2 Å². The average molecular weight is 337 g/mol. The third-order valence-corrected chi connectivity index (χ3v) is 5.23. The van der Waals surface area contributed by atoms with Gasteiger partial charge in [0.25, 0.3) is 5.91 Å². The summed E-state index contributed by atoms with van der Waals surface area (Å²) >= 11 is 0. The first-order valence-corrected chi connectivity index (χ1v) is 7.76. The van der Waals surface area contributed by atoms with Gasteiger partial charge in [-0.3, -0.25) is 9.59 Å². The molecule has 0 heterocycles. The van der Waals surface area contributed by atoms with E-state index < -0.39 is 17.6 Å². The number of fused-ring (bicyclic) bond motifs is 1. The summed E-state index contributed by atoms with van der Waals surface area (Å²) in [5.74, 6) is -0.0374. The van der Waals surface area contributed by atoms with Crippen LogP contribution < -0.4 is 5.32 Å². The molecule has 3 nitrogen and oxygen atoms in total. The molecule has 1 aromatic rings. The molecular weight excluding hydrogens is 319 g/mol. The summed E-state index contributed by atoms with van der Waals surface area (Å²) < 4.78 is 37.7. The zero-order valence-corrected chi connectivity index (χ0v) is 13.6. The topological polar surface area (TPSA) is 46.2 Å². The van der Waals surface area contributed by atoms with E-state index in [1.54, 1.807) is 0 Å². The fraction of sp³-hybridized carbons (Fsp3) is 0.444. The second kappa shape index (κ2) is 5.19. The molecular formula is C18H18F3NO2. The van der Waals surface area contributed by atoms with E-state index in [4.69, 9.17) is 0 Å². The summed E-state index contributed by atoms with van der Waals surface area (Å²) in [5, 5.41) is 2.72. The SMILES string of the molecule is CC(=O)C1=C(NC(=O)c2ccc(C(F)(F)F)cc2)C[C@@H]2[C@H]1C2(C)C. The Hall–Kier alpha value is -2.11. The lowest BCUT2D eigenvalue weighted by Crippen LogP contribution is -2.26. The van der Waals surface area contributed by atoms with Crippen LogP contribution in [-0.2, 0) is 11.0 Å². The van der Waals surface area contributed by atoms with Gasteiger partial charge in [-0.05, 0) is 54.9 Å². The summed E-state index contributed by atoms with van der Waals surface area (Å²) in [6.07, 6.45) is -3.81. The van der Waals surface area contributed by atoms with E-state index in [1.807, 2.05) is 0 Å². The summed E-state index contributed by atoms with van der Waals surface area (Å²) in [7, 11) is 0. The Morgan fingerprint density at radius 2 is 1.75 bits per heavy atom. The summed E-state index contributed by atoms with van der Waals surface area (Å²) in [6.45, 7) is 5.68. The first kappa shape index (κ1) is 16.7. The van der Waals surface area contributed by atoms with E-state index in [-0.39, 0.29) is 22.7 Å². The molecule has 6 heteroatoms. The predicted octanol–water partition coefficient (Wildman–Crippen LogP) is 3.95. The molecule has 0 saturated heterocycles. The van der Waals surface area contributed by atoms with Crippen LogP contribution >= 0.6 is 0 Å². The summed E-state index contributed by atoms with van der Waals surface area (Å²) in [4.78, 5) is 24.2. The van der Waals surface area contributed by atoms with E-state index in [0.717, 1.165) is 24.3 Å². The highest BCUT2D eigenvalue weighted by Gasteiger charge is 2.64. The second-order valence-electron chi connectivity index (χ2n) is 7.09. The lowest BCUT2D eigenvalue weighted by Gasteiger charge is -2.15. The highest BCUT2D eigenvalue weighted by Crippen LogP contribution is 2.68. The predicted molar refractivity (Wildman–Crippen MR) is 82.0 cm³/mol. The number of benzene rings is 1. The van der Waals surface area contributed by atoms with Gasteiger partial charge in [-0.25, -0.2) is 0 Å². The van der Waals surface area contributed by atoms with Crippen LogP contribution in [0, 0.1) is 17.3 Å². The van der Waals surface area contributed by atoms with Crippen molar-refractivity contribution in [2.75, 3.05) is 0 Å². The minimum absolute atomic E-state index is 0.0594. The van der Waals surface area contributed by atoms with E-state index in [0.29, 0.717) is 23.6 Å². The van der Waals surface area contributed by atoms with Crippen LogP contribution in [0.4, 0.5) is 13.2 Å². The highest BCUT2D eigenvalue weighted by molar-refractivity contribution is 6.00. The quantitative estimate of drug-likeness (QED) is 0.908. The number of halogens is 3. The van der Waals surface area contributed by atoms with Crippen molar-refractivity contribution in [1.82, 2.24) is 5.32 Å². The Morgan fingerprint density at radius 1 is 1.17 bits per heavy atom. The summed E-state index contributed by atoms with van der Waals surface area (Å²) in [6, 6.07) is 4.05. The molecule has 0 spiro atoms. The van der Waals surface area contributed by atoms with Crippen LogP contribution in [0.25, 0.3) is 0 Å². The van der Waals surface area contributed by atoms with Crippen LogP contribution in [0.15, 0.2) is 35.5 Å². The van der Waals surface area contributed by atoms with Crippen molar-refractivity contribution in [1.29, 1.82) is 0 Å². The Morgan fingerprint density at radius 3 is 2.25 bits per heavy atom. The van der Waals surface area contributed by atoms with Crippen LogP contribution in [0.3, 0.4) is 0 Å². The van der Waals surface area contributed by atoms with Gasteiger partial charge in [0.15, 0.2) is 5.78 Å². The van der Waals surface area contributed by atoms with Crippen molar-refractivity contribution in [3.63, 3.8) is 0 Å². The number of carbonyl (C=O) groups excluding carboxylic acids is 2. The molecule has 0 aliphatic heterocycles. The third kappa shape index (κ3) is 2.64. The van der Waals surface area contributed by atoms with Gasteiger partial charge in [-0.1, -0.05) is 13.8 Å². The molecule has 0 aromatic heterocycles. The molecule has 128 valence electrons. The molecule has 0 bridgehead atoms. The number of Topliss-reactive ketones (excluding diaryl/α,β-unsaturated/α-hetero) is 1. The van der Waals surface area contributed by atoms with E-state index in [9.17, 15) is 22.8 Å². The standard InChI is InChI=1S/C18H18F3NO2/c1-9(23)14-13(8-12-15(14)17(12,2)3)22-16(24)10-4-6-11(7-5-10)18(19,20)21/h4-7,12,15H,8H2,1-3H3,(H,22,24)/t12-,15-/m1/s1. The Bertz CT molecular complexity index is 745. The molecule has 24 heavy (non-hydrogen) atoms. The highest BCUT2D eigenvalue weighted by atomic mass is 19.4. The van der Waals surface area contributed by atoms with Crippen LogP contribution in [0.1, 0.15) is 43.1 Å². The first-order chi connectivity index (χ1) is 11.0. The molecule has 1 fully saturated rings. The number of hydrogen-bond acceptors (Lipinski definition) is 2. The van der Waals surface area contributed by atoms with E-state index >= 15 is 0 Å². The van der Waals surface area contributed by atoms with Gasteiger partial charge in [0, 0.05) is 16.8 Å². The van der Waals surface area contributed by atoms with Crippen molar-refractivity contribution in [2.45, 2.75) is 33.4 Å². The van der Waals surface area contributed by atoms with E-state index in [1.165, 1.54) is 6.92 Å². The number of nitrogens with one attached hydrogen (secondary N) is 1. The third-order valence-electron chi connectivity index (χ3n) is 5.23. The molecule has 3 rings (SSSR count). The lowest BCUT2D eigenvalue weighted by atomic mass is 9.96. The Balaban J connectivity index is 1.79. The van der Waals surface area contributed by atoms with Crippen molar-refractivity contribution in [3.8, 4) is 0 Å². The largest absolute Gasteiger partial charge is 0.416 e. The number of hydrogen-bond donors (Lipinski definition) is 1. The van der Waals surface area contributed by atoms with Gasteiger partial charge in [-0.2, -0.15) is 13.2 Å². The molecule has 2 aliphatic rings. The van der Waals surface area contributed by atoms with Crippen molar-refractivity contribution in [3.05, 3.63) is 46.7 Å². The number of ketones is 1. The number of allylic oxidation sites excluding steroid dienone is 2. The molecule has 0 radical (unpaired) electrons. The minimum atomic E-state index is -4.43. The minimum Gasteiger partial charge on any atom is -0.325 e. The molecule has 2 aliphatic carbocycles. The molecule has 0 unspecified atom stereocenters. The van der Waals surface area contributed by atoms with Crippen LogP contribution in [-0.4, -0.2) is 11.7 Å². The van der Waals surface area contributed by atoms with Crippen LogP contribution in [0.2, 0.25) is 0 Å². The van der Waals surface area contributed by atoms with Crippen molar-refractivity contribution < 1.29 is 22.8 Å². The van der Waals surface area contributed by atoms with Crippen molar-refractivity contribution in [2.24, 2.45) is 17.3 Å². The Kier molecular flexibility index (Phi) is 3.62. The van der Waals surface area contributed by atoms with Gasteiger partial charge in [0.05, 0.1) is 5.56 Å². The zero-order valence-electron chi connectivity index (χ0n) is 13.6. The molecule has 2 atom stereocenters. The van der Waals surface area contributed by atoms with Gasteiger partial charge in [0.2, 0.25) is 0 Å². The molecule has 1 saturated carbocycles. The average Bonchev–Trinajstić information content (AvgIpc) is 2.84. The fourth-order valence-corrected chi connectivity index (χ4v) is 3.79. The summed E-state index contributed by atoms with van der Waals surface area (Å²) in [5.41, 5.74) is 0.681. The Labute approximate surface area is 137 Å². The second-order valence-corrected chi connectivity index (χ2v) is 7.09. The maximum Gasteiger partial charge on any atom is 0.416 e. The maximum absolute atomic E-state index is 12.6.